The number of anilines is 2. The Bertz CT molecular complexity index is 1050. The first-order valence-electron chi connectivity index (χ1n) is 8.13. The molecule has 6 nitrogen and oxygen atoms in total. The predicted molar refractivity (Wildman–Crippen MR) is 102 cm³/mol. The lowest BCUT2D eigenvalue weighted by atomic mass is 10.3. The van der Waals surface area contributed by atoms with Gasteiger partial charge in [-0.2, -0.15) is 0 Å². The van der Waals surface area contributed by atoms with E-state index in [2.05, 4.69) is 25.9 Å². The van der Waals surface area contributed by atoms with Crippen molar-refractivity contribution >= 4 is 49.8 Å². The molecule has 4 heterocycles. The summed E-state index contributed by atoms with van der Waals surface area (Å²) in [5.41, 5.74) is 1.77. The maximum absolute atomic E-state index is 6.25. The normalized spacial score (nSPS) is 15.4. The molecule has 5 rings (SSSR count). The third-order valence-electron chi connectivity index (χ3n) is 4.47. The molecule has 0 radical (unpaired) electrons. The summed E-state index contributed by atoms with van der Waals surface area (Å²) >= 11 is 7.95. The van der Waals surface area contributed by atoms with E-state index in [1.165, 1.54) is 0 Å². The number of aromatic nitrogens is 4. The van der Waals surface area contributed by atoms with Crippen molar-refractivity contribution in [3.63, 3.8) is 0 Å². The Morgan fingerprint density at radius 3 is 2.68 bits per heavy atom. The van der Waals surface area contributed by atoms with Crippen molar-refractivity contribution in [2.45, 2.75) is 0 Å². The van der Waals surface area contributed by atoms with Crippen LogP contribution >= 0.6 is 22.9 Å². The zero-order chi connectivity index (χ0) is 16.8. The molecule has 1 aromatic carbocycles. The van der Waals surface area contributed by atoms with Crippen LogP contribution in [0.25, 0.3) is 15.9 Å². The van der Waals surface area contributed by atoms with E-state index in [-0.39, 0.29) is 0 Å². The molecule has 4 aromatic rings. The van der Waals surface area contributed by atoms with Crippen LogP contribution in [0.3, 0.4) is 0 Å². The summed E-state index contributed by atoms with van der Waals surface area (Å²) in [5, 5.41) is 6.40. The average molecular weight is 371 g/mol. The first-order chi connectivity index (χ1) is 12.3. The van der Waals surface area contributed by atoms with E-state index < -0.39 is 0 Å². The Balaban J connectivity index is 1.35. The van der Waals surface area contributed by atoms with E-state index in [0.29, 0.717) is 0 Å². The van der Waals surface area contributed by atoms with Crippen LogP contribution in [0.4, 0.5) is 10.9 Å². The molecule has 0 amide bonds. The van der Waals surface area contributed by atoms with Crippen molar-refractivity contribution in [1.29, 1.82) is 0 Å². The van der Waals surface area contributed by atoms with Crippen LogP contribution in [0.5, 0.6) is 0 Å². The van der Waals surface area contributed by atoms with Crippen LogP contribution in [0.15, 0.2) is 42.7 Å². The van der Waals surface area contributed by atoms with Crippen molar-refractivity contribution < 1.29 is 0 Å². The summed E-state index contributed by atoms with van der Waals surface area (Å²) in [6, 6.07) is 9.98. The molecule has 1 aliphatic heterocycles. The van der Waals surface area contributed by atoms with E-state index in [1.54, 1.807) is 17.5 Å². The summed E-state index contributed by atoms with van der Waals surface area (Å²) in [6.45, 7) is 3.66. The Morgan fingerprint density at radius 1 is 1.00 bits per heavy atom. The minimum atomic E-state index is 0.719. The number of hydrogen-bond acceptors (Lipinski definition) is 6. The molecule has 1 saturated heterocycles. The molecule has 1 fully saturated rings. The SMILES string of the molecule is Clc1cccc2sc(N3CCN(c4ccc5nccn5n4)CC3)nc12. The van der Waals surface area contributed by atoms with Crippen molar-refractivity contribution in [1.82, 2.24) is 19.6 Å². The van der Waals surface area contributed by atoms with E-state index in [9.17, 15) is 0 Å². The van der Waals surface area contributed by atoms with Gasteiger partial charge in [-0.3, -0.25) is 0 Å². The number of thiazole rings is 1. The molecule has 0 N–H and O–H groups in total. The second-order valence-electron chi connectivity index (χ2n) is 5.98. The fourth-order valence-corrected chi connectivity index (χ4v) is 4.46. The monoisotopic (exact) mass is 370 g/mol. The zero-order valence-corrected chi connectivity index (χ0v) is 14.9. The molecule has 126 valence electrons. The van der Waals surface area contributed by atoms with E-state index >= 15 is 0 Å². The number of hydrogen-bond donors (Lipinski definition) is 0. The van der Waals surface area contributed by atoms with Crippen LogP contribution in [0.2, 0.25) is 5.02 Å². The van der Waals surface area contributed by atoms with Crippen LogP contribution in [-0.4, -0.2) is 45.8 Å². The number of rotatable bonds is 2. The molecule has 3 aromatic heterocycles. The number of benzene rings is 1. The van der Waals surface area contributed by atoms with Crippen LogP contribution in [-0.2, 0) is 0 Å². The van der Waals surface area contributed by atoms with Gasteiger partial charge >= 0.3 is 0 Å². The average Bonchev–Trinajstić information content (AvgIpc) is 3.28. The first kappa shape index (κ1) is 14.9. The number of imidazole rings is 1. The number of para-hydroxylation sites is 1. The highest BCUT2D eigenvalue weighted by atomic mass is 35.5. The quantitative estimate of drug-likeness (QED) is 0.541. The summed E-state index contributed by atoms with van der Waals surface area (Å²) in [5.74, 6) is 0.984. The minimum absolute atomic E-state index is 0.719. The number of nitrogens with zero attached hydrogens (tertiary/aromatic N) is 6. The Labute approximate surface area is 153 Å². The van der Waals surface area contributed by atoms with Gasteiger partial charge in [0.1, 0.15) is 11.3 Å². The minimum Gasteiger partial charge on any atom is -0.352 e. The Kier molecular flexibility index (Phi) is 3.50. The van der Waals surface area contributed by atoms with Gasteiger partial charge in [0.15, 0.2) is 10.8 Å². The summed E-state index contributed by atoms with van der Waals surface area (Å²) in [6.07, 6.45) is 3.64. The molecule has 0 aliphatic carbocycles. The van der Waals surface area contributed by atoms with Gasteiger partial charge in [0.05, 0.1) is 9.72 Å². The highest BCUT2D eigenvalue weighted by Gasteiger charge is 2.21. The lowest BCUT2D eigenvalue weighted by Gasteiger charge is -2.35. The largest absolute Gasteiger partial charge is 0.352 e. The van der Waals surface area contributed by atoms with Gasteiger partial charge in [-0.1, -0.05) is 29.0 Å². The van der Waals surface area contributed by atoms with Crippen LogP contribution < -0.4 is 9.80 Å². The molecule has 8 heteroatoms. The maximum Gasteiger partial charge on any atom is 0.186 e. The molecule has 1 aliphatic rings. The Hall–Kier alpha value is -2.38. The molecule has 0 atom stereocenters. The highest BCUT2D eigenvalue weighted by molar-refractivity contribution is 7.22. The lowest BCUT2D eigenvalue weighted by molar-refractivity contribution is 0.641. The van der Waals surface area contributed by atoms with Gasteiger partial charge in [0.25, 0.3) is 0 Å². The molecular formula is C17H15ClN6S. The van der Waals surface area contributed by atoms with E-state index in [4.69, 9.17) is 16.6 Å². The van der Waals surface area contributed by atoms with Crippen molar-refractivity contribution in [2.24, 2.45) is 0 Å². The van der Waals surface area contributed by atoms with Gasteiger partial charge in [-0.15, -0.1) is 5.10 Å². The smallest absolute Gasteiger partial charge is 0.186 e. The van der Waals surface area contributed by atoms with Crippen LogP contribution in [0, 0.1) is 0 Å². The summed E-state index contributed by atoms with van der Waals surface area (Å²) in [7, 11) is 0. The second-order valence-corrected chi connectivity index (χ2v) is 7.39. The standard InChI is InChI=1S/C17H15ClN6S/c18-12-2-1-3-13-16(12)20-17(25-13)23-10-8-22(9-11-23)15-5-4-14-19-6-7-24(14)21-15/h1-7H,8-11H2. The topological polar surface area (TPSA) is 49.6 Å². The second kappa shape index (κ2) is 5.86. The molecule has 0 saturated carbocycles. The van der Waals surface area contributed by atoms with Crippen LogP contribution in [0.1, 0.15) is 0 Å². The van der Waals surface area contributed by atoms with Gasteiger partial charge in [-0.25, -0.2) is 14.5 Å². The van der Waals surface area contributed by atoms with Gasteiger partial charge in [0, 0.05) is 38.6 Å². The number of fused-ring (bicyclic) bond motifs is 2. The molecule has 0 bridgehead atoms. The lowest BCUT2D eigenvalue weighted by Crippen LogP contribution is -2.46. The molecule has 25 heavy (non-hydrogen) atoms. The third kappa shape index (κ3) is 2.60. The fourth-order valence-electron chi connectivity index (χ4n) is 3.14. The summed E-state index contributed by atoms with van der Waals surface area (Å²) in [4.78, 5) is 13.6. The fraction of sp³-hybridized carbons (Fsp3) is 0.235. The Morgan fingerprint density at radius 2 is 1.84 bits per heavy atom. The predicted octanol–water partition coefficient (Wildman–Crippen LogP) is 3.32. The van der Waals surface area contributed by atoms with E-state index in [0.717, 1.165) is 58.0 Å². The highest BCUT2D eigenvalue weighted by Crippen LogP contribution is 2.33. The van der Waals surface area contributed by atoms with Gasteiger partial charge < -0.3 is 9.80 Å². The van der Waals surface area contributed by atoms with Crippen molar-refractivity contribution in [3.05, 3.63) is 47.7 Å². The summed E-state index contributed by atoms with van der Waals surface area (Å²) < 4.78 is 2.95. The van der Waals surface area contributed by atoms with Crippen molar-refractivity contribution in [2.75, 3.05) is 36.0 Å². The third-order valence-corrected chi connectivity index (χ3v) is 5.86. The first-order valence-corrected chi connectivity index (χ1v) is 9.33. The molecule has 0 spiro atoms. The zero-order valence-electron chi connectivity index (χ0n) is 13.3. The van der Waals surface area contributed by atoms with E-state index in [1.807, 2.05) is 35.0 Å². The van der Waals surface area contributed by atoms with Crippen molar-refractivity contribution in [3.8, 4) is 0 Å². The molecular weight excluding hydrogens is 356 g/mol. The number of piperazine rings is 1. The number of halogens is 1. The maximum atomic E-state index is 6.25. The van der Waals surface area contributed by atoms with Gasteiger partial charge in [0.2, 0.25) is 0 Å². The van der Waals surface area contributed by atoms with Gasteiger partial charge in [-0.05, 0) is 24.3 Å². The molecule has 0 unspecified atom stereocenters.